The molecule has 2 heterocycles. The SMILES string of the molecule is Cc1nc2cc(Nc3nc(NCCN)c(F)cc3C(N)=O)ccc2o1. The van der Waals surface area contributed by atoms with E-state index in [1.165, 1.54) is 0 Å². The topological polar surface area (TPSA) is 132 Å². The molecule has 3 aromatic rings. The van der Waals surface area contributed by atoms with Crippen molar-refractivity contribution in [3.05, 3.63) is 41.5 Å². The zero-order chi connectivity index (χ0) is 18.0. The van der Waals surface area contributed by atoms with Crippen LogP contribution in [0.25, 0.3) is 11.1 Å². The molecule has 2 aromatic heterocycles. The summed E-state index contributed by atoms with van der Waals surface area (Å²) in [6, 6.07) is 6.23. The smallest absolute Gasteiger partial charge is 0.252 e. The molecule has 1 amide bonds. The van der Waals surface area contributed by atoms with Crippen LogP contribution in [0.3, 0.4) is 0 Å². The van der Waals surface area contributed by atoms with Gasteiger partial charge in [-0.3, -0.25) is 4.79 Å². The largest absolute Gasteiger partial charge is 0.441 e. The van der Waals surface area contributed by atoms with Gasteiger partial charge in [0.15, 0.2) is 23.1 Å². The number of nitrogens with two attached hydrogens (primary N) is 2. The summed E-state index contributed by atoms with van der Waals surface area (Å²) in [7, 11) is 0. The highest BCUT2D eigenvalue weighted by Crippen LogP contribution is 2.26. The number of hydrogen-bond donors (Lipinski definition) is 4. The molecule has 0 atom stereocenters. The number of benzene rings is 1. The average molecular weight is 344 g/mol. The van der Waals surface area contributed by atoms with Gasteiger partial charge < -0.3 is 26.5 Å². The van der Waals surface area contributed by atoms with Crippen molar-refractivity contribution in [3.8, 4) is 0 Å². The third kappa shape index (κ3) is 3.50. The molecular formula is C16H17FN6O2. The maximum atomic E-state index is 14.0. The predicted octanol–water partition coefficient (Wildman–Crippen LogP) is 1.88. The van der Waals surface area contributed by atoms with Gasteiger partial charge in [-0.15, -0.1) is 0 Å². The number of carbonyl (C=O) groups is 1. The fourth-order valence-corrected chi connectivity index (χ4v) is 2.34. The Labute approximate surface area is 142 Å². The summed E-state index contributed by atoms with van der Waals surface area (Å²) in [5.74, 6) is -0.824. The molecule has 0 spiro atoms. The quantitative estimate of drug-likeness (QED) is 0.537. The number of aromatic nitrogens is 2. The highest BCUT2D eigenvalue weighted by molar-refractivity contribution is 5.98. The Morgan fingerprint density at radius 3 is 2.80 bits per heavy atom. The van der Waals surface area contributed by atoms with Crippen molar-refractivity contribution in [2.45, 2.75) is 6.92 Å². The number of halogens is 1. The Kier molecular flexibility index (Phi) is 4.48. The van der Waals surface area contributed by atoms with Crippen molar-refractivity contribution in [2.24, 2.45) is 11.5 Å². The summed E-state index contributed by atoms with van der Waals surface area (Å²) in [5.41, 5.74) is 12.6. The van der Waals surface area contributed by atoms with E-state index in [0.29, 0.717) is 35.8 Å². The summed E-state index contributed by atoms with van der Waals surface area (Å²) < 4.78 is 19.5. The van der Waals surface area contributed by atoms with Crippen molar-refractivity contribution < 1.29 is 13.6 Å². The van der Waals surface area contributed by atoms with Gasteiger partial charge in [-0.1, -0.05) is 0 Å². The molecule has 130 valence electrons. The zero-order valence-electron chi connectivity index (χ0n) is 13.5. The molecule has 0 aliphatic carbocycles. The van der Waals surface area contributed by atoms with Crippen molar-refractivity contribution in [3.63, 3.8) is 0 Å². The minimum absolute atomic E-state index is 0.0173. The number of oxazole rings is 1. The molecule has 1 aromatic carbocycles. The molecule has 9 heteroatoms. The number of nitrogens with one attached hydrogen (secondary N) is 2. The van der Waals surface area contributed by atoms with Gasteiger partial charge in [0.25, 0.3) is 5.91 Å². The molecule has 0 radical (unpaired) electrons. The standard InChI is InChI=1S/C16H17FN6O2/c1-8-21-12-6-9(2-3-13(12)25-8)22-15-10(14(19)24)7-11(17)16(23-15)20-5-4-18/h2-3,6-7H,4-5,18H2,1H3,(H2,19,24)(H2,20,22,23). The maximum absolute atomic E-state index is 14.0. The second-order valence-corrected chi connectivity index (χ2v) is 5.34. The average Bonchev–Trinajstić information content (AvgIpc) is 2.94. The lowest BCUT2D eigenvalue weighted by atomic mass is 10.2. The molecule has 0 saturated carbocycles. The van der Waals surface area contributed by atoms with Crippen LogP contribution in [-0.4, -0.2) is 29.0 Å². The van der Waals surface area contributed by atoms with E-state index >= 15 is 0 Å². The molecule has 0 saturated heterocycles. The summed E-state index contributed by atoms with van der Waals surface area (Å²) in [6.07, 6.45) is 0. The number of anilines is 3. The molecule has 0 aliphatic heterocycles. The van der Waals surface area contributed by atoms with Crippen LogP contribution < -0.4 is 22.1 Å². The van der Waals surface area contributed by atoms with Gasteiger partial charge in [-0.05, 0) is 24.3 Å². The molecular weight excluding hydrogens is 327 g/mol. The van der Waals surface area contributed by atoms with E-state index in [4.69, 9.17) is 15.9 Å². The molecule has 25 heavy (non-hydrogen) atoms. The Bertz CT molecular complexity index is 940. The normalized spacial score (nSPS) is 10.8. The first-order valence-electron chi connectivity index (χ1n) is 7.56. The van der Waals surface area contributed by atoms with Crippen molar-refractivity contribution in [1.29, 1.82) is 0 Å². The first kappa shape index (κ1) is 16.7. The van der Waals surface area contributed by atoms with Gasteiger partial charge in [0, 0.05) is 25.7 Å². The van der Waals surface area contributed by atoms with Crippen LogP contribution in [0.5, 0.6) is 0 Å². The molecule has 3 rings (SSSR count). The van der Waals surface area contributed by atoms with E-state index in [0.717, 1.165) is 6.07 Å². The number of aryl methyl sites for hydroxylation is 1. The molecule has 0 fully saturated rings. The minimum Gasteiger partial charge on any atom is -0.441 e. The molecule has 0 unspecified atom stereocenters. The Morgan fingerprint density at radius 1 is 1.28 bits per heavy atom. The number of carbonyl (C=O) groups excluding carboxylic acids is 1. The van der Waals surface area contributed by atoms with Crippen LogP contribution in [-0.2, 0) is 0 Å². The summed E-state index contributed by atoms with van der Waals surface area (Å²) in [4.78, 5) is 20.0. The maximum Gasteiger partial charge on any atom is 0.252 e. The zero-order valence-corrected chi connectivity index (χ0v) is 13.5. The van der Waals surface area contributed by atoms with Gasteiger partial charge in [0.2, 0.25) is 0 Å². The minimum atomic E-state index is -0.794. The van der Waals surface area contributed by atoms with Crippen molar-refractivity contribution in [2.75, 3.05) is 23.7 Å². The third-order valence-corrected chi connectivity index (χ3v) is 3.44. The van der Waals surface area contributed by atoms with E-state index in [-0.39, 0.29) is 17.2 Å². The first-order valence-corrected chi connectivity index (χ1v) is 7.56. The monoisotopic (exact) mass is 344 g/mol. The summed E-state index contributed by atoms with van der Waals surface area (Å²) in [5, 5.41) is 5.73. The van der Waals surface area contributed by atoms with E-state index in [1.54, 1.807) is 25.1 Å². The lowest BCUT2D eigenvalue weighted by Gasteiger charge is -2.13. The van der Waals surface area contributed by atoms with Gasteiger partial charge in [0.1, 0.15) is 11.3 Å². The number of nitrogens with zero attached hydrogens (tertiary/aromatic N) is 2. The summed E-state index contributed by atoms with van der Waals surface area (Å²) in [6.45, 7) is 2.39. The Morgan fingerprint density at radius 2 is 2.08 bits per heavy atom. The van der Waals surface area contributed by atoms with Crippen LogP contribution >= 0.6 is 0 Å². The van der Waals surface area contributed by atoms with Crippen LogP contribution in [0, 0.1) is 12.7 Å². The van der Waals surface area contributed by atoms with Gasteiger partial charge in [-0.2, -0.15) is 0 Å². The Balaban J connectivity index is 1.99. The number of hydrogen-bond acceptors (Lipinski definition) is 7. The number of rotatable bonds is 6. The Hall–Kier alpha value is -3.20. The van der Waals surface area contributed by atoms with Crippen molar-refractivity contribution in [1.82, 2.24) is 9.97 Å². The van der Waals surface area contributed by atoms with E-state index < -0.39 is 11.7 Å². The van der Waals surface area contributed by atoms with E-state index in [1.807, 2.05) is 0 Å². The van der Waals surface area contributed by atoms with Gasteiger partial charge in [0.05, 0.1) is 5.56 Å². The van der Waals surface area contributed by atoms with Crippen LogP contribution in [0.1, 0.15) is 16.2 Å². The number of amides is 1. The molecule has 0 bridgehead atoms. The molecule has 6 N–H and O–H groups in total. The predicted molar refractivity (Wildman–Crippen MR) is 92.3 cm³/mol. The first-order chi connectivity index (χ1) is 12.0. The van der Waals surface area contributed by atoms with E-state index in [2.05, 4.69) is 20.6 Å². The highest BCUT2D eigenvalue weighted by Gasteiger charge is 2.16. The lowest BCUT2D eigenvalue weighted by molar-refractivity contribution is 0.100. The fourth-order valence-electron chi connectivity index (χ4n) is 2.34. The van der Waals surface area contributed by atoms with Gasteiger partial charge in [-0.25, -0.2) is 14.4 Å². The van der Waals surface area contributed by atoms with Crippen LogP contribution in [0.2, 0.25) is 0 Å². The van der Waals surface area contributed by atoms with Crippen LogP contribution in [0.15, 0.2) is 28.7 Å². The van der Waals surface area contributed by atoms with Crippen molar-refractivity contribution >= 4 is 34.3 Å². The van der Waals surface area contributed by atoms with Gasteiger partial charge >= 0.3 is 0 Å². The second kappa shape index (κ2) is 6.73. The van der Waals surface area contributed by atoms with Crippen LogP contribution in [0.4, 0.5) is 21.7 Å². The lowest BCUT2D eigenvalue weighted by Crippen LogP contribution is -2.18. The third-order valence-electron chi connectivity index (χ3n) is 3.44. The summed E-state index contributed by atoms with van der Waals surface area (Å²) >= 11 is 0. The number of primary amides is 1. The van der Waals surface area contributed by atoms with E-state index in [9.17, 15) is 9.18 Å². The number of pyridine rings is 1. The fraction of sp³-hybridized carbons (Fsp3) is 0.188. The second-order valence-electron chi connectivity index (χ2n) is 5.34. The number of fused-ring (bicyclic) bond motifs is 1. The highest BCUT2D eigenvalue weighted by atomic mass is 19.1. The molecule has 8 nitrogen and oxygen atoms in total. The molecule has 0 aliphatic rings.